The SMILES string of the molecule is CN(P)CC=O. The average Bonchev–Trinajstić information content (AvgIpc) is 1.35. The Bertz CT molecular complexity index is 46.1. The highest BCUT2D eigenvalue weighted by atomic mass is 31.0. The molecular weight excluding hydrogens is 97.0 g/mol. The first-order valence-electron chi connectivity index (χ1n) is 1.67. The van der Waals surface area contributed by atoms with Gasteiger partial charge in [0.25, 0.3) is 0 Å². The number of hydrogen-bond donors (Lipinski definition) is 0. The predicted molar refractivity (Wildman–Crippen MR) is 28.4 cm³/mol. The number of hydrogen-bond acceptors (Lipinski definition) is 2. The van der Waals surface area contributed by atoms with Crippen molar-refractivity contribution in [1.29, 1.82) is 0 Å². The number of nitrogens with zero attached hydrogens (tertiary/aromatic N) is 1. The lowest BCUT2D eigenvalue weighted by molar-refractivity contribution is -0.107. The molecule has 0 rings (SSSR count). The van der Waals surface area contributed by atoms with E-state index in [2.05, 4.69) is 9.39 Å². The van der Waals surface area contributed by atoms with E-state index in [0.717, 1.165) is 6.29 Å². The quantitative estimate of drug-likeness (QED) is 0.361. The van der Waals surface area contributed by atoms with Crippen molar-refractivity contribution in [2.75, 3.05) is 13.6 Å². The summed E-state index contributed by atoms with van der Waals surface area (Å²) < 4.78 is 1.73. The second-order valence-corrected chi connectivity index (χ2v) is 1.99. The van der Waals surface area contributed by atoms with Crippen molar-refractivity contribution in [3.8, 4) is 0 Å². The zero-order chi connectivity index (χ0) is 4.99. The topological polar surface area (TPSA) is 20.3 Å². The van der Waals surface area contributed by atoms with Crippen LogP contribution in [0.4, 0.5) is 0 Å². The largest absolute Gasteiger partial charge is 0.302 e. The van der Waals surface area contributed by atoms with Crippen LogP contribution in [0.1, 0.15) is 0 Å². The van der Waals surface area contributed by atoms with Crippen molar-refractivity contribution >= 4 is 15.7 Å². The van der Waals surface area contributed by atoms with Gasteiger partial charge in [-0.2, -0.15) is 0 Å². The number of carbonyl (C=O) groups is 1. The van der Waals surface area contributed by atoms with Gasteiger partial charge in [-0.15, -0.1) is 0 Å². The van der Waals surface area contributed by atoms with Crippen molar-refractivity contribution in [3.63, 3.8) is 0 Å². The maximum Gasteiger partial charge on any atom is 0.134 e. The Balaban J connectivity index is 2.81. The monoisotopic (exact) mass is 105 g/mol. The second kappa shape index (κ2) is 3.26. The molecule has 0 aliphatic heterocycles. The van der Waals surface area contributed by atoms with E-state index in [0.29, 0.717) is 6.54 Å². The highest BCUT2D eigenvalue weighted by Crippen LogP contribution is 1.85. The predicted octanol–water partition coefficient (Wildman–Crippen LogP) is -0.0928. The lowest BCUT2D eigenvalue weighted by atomic mass is 10.7. The van der Waals surface area contributed by atoms with Gasteiger partial charge in [-0.25, -0.2) is 0 Å². The van der Waals surface area contributed by atoms with Crippen molar-refractivity contribution in [3.05, 3.63) is 0 Å². The third-order valence-electron chi connectivity index (χ3n) is 0.363. The Morgan fingerprint density at radius 3 is 2.50 bits per heavy atom. The summed E-state index contributed by atoms with van der Waals surface area (Å²) in [5, 5.41) is 0. The van der Waals surface area contributed by atoms with Gasteiger partial charge in [0, 0.05) is 0 Å². The molecule has 0 aromatic rings. The molecule has 6 heavy (non-hydrogen) atoms. The normalized spacial score (nSPS) is 9.17. The van der Waals surface area contributed by atoms with Gasteiger partial charge in [-0.3, -0.25) is 4.67 Å². The van der Waals surface area contributed by atoms with Crippen molar-refractivity contribution in [1.82, 2.24) is 4.67 Å². The number of rotatable bonds is 2. The van der Waals surface area contributed by atoms with Crippen LogP contribution >= 0.6 is 9.39 Å². The second-order valence-electron chi connectivity index (χ2n) is 1.11. The van der Waals surface area contributed by atoms with Crippen LogP contribution in [0.15, 0.2) is 0 Å². The van der Waals surface area contributed by atoms with Gasteiger partial charge < -0.3 is 4.79 Å². The molecule has 3 heteroatoms. The molecule has 0 aromatic heterocycles. The first-order valence-corrected chi connectivity index (χ1v) is 2.18. The lowest BCUT2D eigenvalue weighted by Crippen LogP contribution is -2.05. The third-order valence-corrected chi connectivity index (χ3v) is 0.573. The highest BCUT2D eigenvalue weighted by molar-refractivity contribution is 7.13. The molecule has 0 saturated heterocycles. The van der Waals surface area contributed by atoms with Gasteiger partial charge in [-0.05, 0) is 7.05 Å². The smallest absolute Gasteiger partial charge is 0.134 e. The van der Waals surface area contributed by atoms with Crippen molar-refractivity contribution in [2.45, 2.75) is 0 Å². The molecule has 0 amide bonds. The lowest BCUT2D eigenvalue weighted by Gasteiger charge is -1.98. The van der Waals surface area contributed by atoms with Crippen LogP contribution in [0.3, 0.4) is 0 Å². The molecular formula is C3H8NOP. The minimum atomic E-state index is 0.491. The number of aldehydes is 1. The van der Waals surface area contributed by atoms with Crippen molar-refractivity contribution < 1.29 is 4.79 Å². The van der Waals surface area contributed by atoms with Crippen LogP contribution in [0.2, 0.25) is 0 Å². The standard InChI is InChI=1S/C3H8NOP/c1-4(6)2-3-5/h3H,2,6H2,1H3. The van der Waals surface area contributed by atoms with Gasteiger partial charge in [0.1, 0.15) is 6.29 Å². The van der Waals surface area contributed by atoms with Crippen molar-refractivity contribution in [2.24, 2.45) is 0 Å². The summed E-state index contributed by atoms with van der Waals surface area (Å²) in [7, 11) is 4.20. The molecule has 0 bridgehead atoms. The van der Waals surface area contributed by atoms with Crippen LogP contribution in [0.25, 0.3) is 0 Å². The minimum Gasteiger partial charge on any atom is -0.302 e. The maximum absolute atomic E-state index is 9.56. The zero-order valence-corrected chi connectivity index (χ0v) is 4.87. The van der Waals surface area contributed by atoms with E-state index in [1.807, 2.05) is 7.05 Å². The Morgan fingerprint density at radius 2 is 2.50 bits per heavy atom. The number of likely N-dealkylation sites (N-methyl/N-ethyl adjacent to an activating group) is 1. The fraction of sp³-hybridized carbons (Fsp3) is 0.667. The molecule has 0 radical (unpaired) electrons. The Kier molecular flexibility index (Phi) is 3.29. The Labute approximate surface area is 39.8 Å². The van der Waals surface area contributed by atoms with E-state index in [1.54, 1.807) is 4.67 Å². The molecule has 1 atom stereocenters. The van der Waals surface area contributed by atoms with Gasteiger partial charge in [0.05, 0.1) is 6.54 Å². The molecule has 0 saturated carbocycles. The van der Waals surface area contributed by atoms with Gasteiger partial charge >= 0.3 is 0 Å². The van der Waals surface area contributed by atoms with Gasteiger partial charge in [0.15, 0.2) is 0 Å². The molecule has 0 heterocycles. The van der Waals surface area contributed by atoms with E-state index in [-0.39, 0.29) is 0 Å². The maximum atomic E-state index is 9.56. The average molecular weight is 105 g/mol. The summed E-state index contributed by atoms with van der Waals surface area (Å²) in [5.41, 5.74) is 0. The fourth-order valence-corrected chi connectivity index (χ4v) is 0.204. The van der Waals surface area contributed by atoms with Gasteiger partial charge in [-0.1, -0.05) is 9.39 Å². The van der Waals surface area contributed by atoms with Crippen LogP contribution in [0, 0.1) is 0 Å². The Hall–Kier alpha value is 0.0600. The van der Waals surface area contributed by atoms with Crippen LogP contribution in [-0.2, 0) is 4.79 Å². The highest BCUT2D eigenvalue weighted by Gasteiger charge is 1.79. The third kappa shape index (κ3) is 4.06. The molecule has 1 unspecified atom stereocenters. The van der Waals surface area contributed by atoms with E-state index >= 15 is 0 Å². The summed E-state index contributed by atoms with van der Waals surface area (Å²) in [6.07, 6.45) is 0.854. The molecule has 0 aliphatic carbocycles. The van der Waals surface area contributed by atoms with E-state index in [9.17, 15) is 4.79 Å². The van der Waals surface area contributed by atoms with Gasteiger partial charge in [0.2, 0.25) is 0 Å². The van der Waals surface area contributed by atoms with Crippen LogP contribution < -0.4 is 0 Å². The molecule has 2 nitrogen and oxygen atoms in total. The summed E-state index contributed by atoms with van der Waals surface area (Å²) in [6, 6.07) is 0. The number of carbonyl (C=O) groups excluding carboxylic acids is 1. The van der Waals surface area contributed by atoms with Crippen LogP contribution in [-0.4, -0.2) is 24.5 Å². The van der Waals surface area contributed by atoms with Crippen LogP contribution in [0.5, 0.6) is 0 Å². The molecule has 36 valence electrons. The molecule has 0 fully saturated rings. The summed E-state index contributed by atoms with van der Waals surface area (Å²) in [5.74, 6) is 0. The summed E-state index contributed by atoms with van der Waals surface area (Å²) >= 11 is 0. The molecule has 0 aliphatic rings. The summed E-state index contributed by atoms with van der Waals surface area (Å²) in [6.45, 7) is 0.491. The first-order chi connectivity index (χ1) is 2.77. The first kappa shape index (κ1) is 6.06. The van der Waals surface area contributed by atoms with E-state index in [1.165, 1.54) is 0 Å². The minimum absolute atomic E-state index is 0.491. The summed E-state index contributed by atoms with van der Waals surface area (Å²) in [4.78, 5) is 9.56. The molecule has 0 aromatic carbocycles. The van der Waals surface area contributed by atoms with E-state index < -0.39 is 0 Å². The Morgan fingerprint density at radius 1 is 2.00 bits per heavy atom. The molecule has 0 N–H and O–H groups in total. The fourth-order valence-electron chi connectivity index (χ4n) is 0.118. The molecule has 0 spiro atoms. The van der Waals surface area contributed by atoms with E-state index in [4.69, 9.17) is 0 Å². The zero-order valence-electron chi connectivity index (χ0n) is 3.72.